The van der Waals surface area contributed by atoms with Crippen LogP contribution in [0.5, 0.6) is 5.75 Å². The van der Waals surface area contributed by atoms with Crippen molar-refractivity contribution in [3.63, 3.8) is 0 Å². The third-order valence-electron chi connectivity index (χ3n) is 3.09. The highest BCUT2D eigenvalue weighted by atomic mass is 35.5. The Labute approximate surface area is 103 Å². The zero-order valence-corrected chi connectivity index (χ0v) is 11.2. The van der Waals surface area contributed by atoms with E-state index in [1.165, 1.54) is 16.7 Å². The number of halogens is 1. The molecule has 0 radical (unpaired) electrons. The van der Waals surface area contributed by atoms with Crippen LogP contribution in [0.1, 0.15) is 34.7 Å². The first-order valence-electron chi connectivity index (χ1n) is 5.49. The molecule has 1 aromatic carbocycles. The lowest BCUT2D eigenvalue weighted by Crippen LogP contribution is -2.13. The fourth-order valence-electron chi connectivity index (χ4n) is 2.06. The number of rotatable bonds is 4. The molecule has 90 valence electrons. The lowest BCUT2D eigenvalue weighted by molar-refractivity contribution is 0.407. The van der Waals surface area contributed by atoms with Crippen molar-refractivity contribution in [2.24, 2.45) is 5.73 Å². The highest BCUT2D eigenvalue weighted by Gasteiger charge is 2.14. The summed E-state index contributed by atoms with van der Waals surface area (Å²) in [6.45, 7) is 6.20. The van der Waals surface area contributed by atoms with Crippen LogP contribution in [0, 0.1) is 20.8 Å². The Balaban J connectivity index is 3.22. The van der Waals surface area contributed by atoms with E-state index in [9.17, 15) is 0 Å². The Kier molecular flexibility index (Phi) is 4.63. The number of hydrogen-bond acceptors (Lipinski definition) is 2. The molecule has 1 atom stereocenters. The van der Waals surface area contributed by atoms with Crippen molar-refractivity contribution in [1.82, 2.24) is 0 Å². The van der Waals surface area contributed by atoms with Gasteiger partial charge in [-0.2, -0.15) is 0 Å². The standard InChI is InChI=1S/C13H20ClNO/c1-8-7-11(12(15)5-6-14)9(2)10(3)13(8)16-4/h7,12H,5-6,15H2,1-4H3. The number of benzene rings is 1. The minimum atomic E-state index is 0.0146. The second-order valence-corrected chi connectivity index (χ2v) is 4.53. The van der Waals surface area contributed by atoms with Crippen molar-refractivity contribution in [2.45, 2.75) is 33.2 Å². The Bertz CT molecular complexity index is 377. The lowest BCUT2D eigenvalue weighted by atomic mass is 9.93. The Hall–Kier alpha value is -0.730. The monoisotopic (exact) mass is 241 g/mol. The maximum absolute atomic E-state index is 6.11. The molecule has 1 aromatic rings. The minimum absolute atomic E-state index is 0.0146. The SMILES string of the molecule is COc1c(C)cc(C(N)CCCl)c(C)c1C. The summed E-state index contributed by atoms with van der Waals surface area (Å²) in [7, 11) is 1.70. The molecule has 2 N–H and O–H groups in total. The van der Waals surface area contributed by atoms with E-state index in [2.05, 4.69) is 19.9 Å². The molecule has 0 aliphatic carbocycles. The van der Waals surface area contributed by atoms with E-state index in [0.717, 1.165) is 17.7 Å². The van der Waals surface area contributed by atoms with E-state index < -0.39 is 0 Å². The summed E-state index contributed by atoms with van der Waals surface area (Å²) in [5.41, 5.74) is 10.8. The van der Waals surface area contributed by atoms with Crippen LogP contribution in [0.3, 0.4) is 0 Å². The first kappa shape index (κ1) is 13.3. The van der Waals surface area contributed by atoms with Crippen LogP contribution >= 0.6 is 11.6 Å². The van der Waals surface area contributed by atoms with Gasteiger partial charge in [0.05, 0.1) is 7.11 Å². The first-order valence-corrected chi connectivity index (χ1v) is 6.02. The van der Waals surface area contributed by atoms with Crippen LogP contribution in [-0.4, -0.2) is 13.0 Å². The van der Waals surface area contributed by atoms with E-state index in [4.69, 9.17) is 22.1 Å². The molecule has 0 saturated heterocycles. The maximum Gasteiger partial charge on any atom is 0.124 e. The molecule has 0 aliphatic rings. The fraction of sp³-hybridized carbons (Fsp3) is 0.538. The van der Waals surface area contributed by atoms with Crippen molar-refractivity contribution < 1.29 is 4.74 Å². The van der Waals surface area contributed by atoms with Gasteiger partial charge in [0.25, 0.3) is 0 Å². The molecular weight excluding hydrogens is 222 g/mol. The largest absolute Gasteiger partial charge is 0.496 e. The van der Waals surface area contributed by atoms with Gasteiger partial charge in [0.15, 0.2) is 0 Å². The quantitative estimate of drug-likeness (QED) is 0.822. The molecule has 0 bridgehead atoms. The third-order valence-corrected chi connectivity index (χ3v) is 3.31. The van der Waals surface area contributed by atoms with Gasteiger partial charge in [-0.3, -0.25) is 0 Å². The van der Waals surface area contributed by atoms with E-state index in [1.807, 2.05) is 6.92 Å². The van der Waals surface area contributed by atoms with E-state index in [1.54, 1.807) is 7.11 Å². The second kappa shape index (κ2) is 5.55. The van der Waals surface area contributed by atoms with Crippen molar-refractivity contribution in [2.75, 3.05) is 13.0 Å². The maximum atomic E-state index is 6.11. The Morgan fingerprint density at radius 1 is 1.31 bits per heavy atom. The summed E-state index contributed by atoms with van der Waals surface area (Å²) in [5.74, 6) is 1.55. The van der Waals surface area contributed by atoms with Crippen molar-refractivity contribution in [3.05, 3.63) is 28.3 Å². The molecule has 0 fully saturated rings. The molecule has 1 rings (SSSR count). The number of methoxy groups -OCH3 is 1. The van der Waals surface area contributed by atoms with Crippen molar-refractivity contribution >= 4 is 11.6 Å². The van der Waals surface area contributed by atoms with Crippen LogP contribution in [0.2, 0.25) is 0 Å². The van der Waals surface area contributed by atoms with Crippen molar-refractivity contribution in [3.8, 4) is 5.75 Å². The van der Waals surface area contributed by atoms with Gasteiger partial charge < -0.3 is 10.5 Å². The smallest absolute Gasteiger partial charge is 0.124 e. The molecule has 16 heavy (non-hydrogen) atoms. The van der Waals surface area contributed by atoms with Gasteiger partial charge in [0.1, 0.15) is 5.75 Å². The van der Waals surface area contributed by atoms with E-state index in [-0.39, 0.29) is 6.04 Å². The highest BCUT2D eigenvalue weighted by Crippen LogP contribution is 2.31. The zero-order chi connectivity index (χ0) is 12.3. The number of ether oxygens (including phenoxy) is 1. The van der Waals surface area contributed by atoms with Crippen LogP contribution in [0.25, 0.3) is 0 Å². The number of aryl methyl sites for hydroxylation is 1. The lowest BCUT2D eigenvalue weighted by Gasteiger charge is -2.19. The summed E-state index contributed by atoms with van der Waals surface area (Å²) in [6, 6.07) is 2.12. The normalized spacial score (nSPS) is 12.6. The Morgan fingerprint density at radius 2 is 1.94 bits per heavy atom. The molecule has 0 aliphatic heterocycles. The van der Waals surface area contributed by atoms with Crippen LogP contribution in [0.15, 0.2) is 6.07 Å². The topological polar surface area (TPSA) is 35.2 Å². The van der Waals surface area contributed by atoms with Gasteiger partial charge >= 0.3 is 0 Å². The van der Waals surface area contributed by atoms with Gasteiger partial charge in [-0.05, 0) is 49.4 Å². The van der Waals surface area contributed by atoms with Gasteiger partial charge in [-0.25, -0.2) is 0 Å². The number of nitrogens with two attached hydrogens (primary N) is 1. The third kappa shape index (κ3) is 2.50. The molecule has 1 unspecified atom stereocenters. The van der Waals surface area contributed by atoms with Crippen LogP contribution in [-0.2, 0) is 0 Å². The predicted octanol–water partition coefficient (Wildman–Crippen LogP) is 3.25. The van der Waals surface area contributed by atoms with Gasteiger partial charge in [0.2, 0.25) is 0 Å². The van der Waals surface area contributed by atoms with Crippen LogP contribution in [0.4, 0.5) is 0 Å². The molecule has 0 spiro atoms. The zero-order valence-electron chi connectivity index (χ0n) is 10.4. The summed E-state index contributed by atoms with van der Waals surface area (Å²) in [5, 5.41) is 0. The van der Waals surface area contributed by atoms with E-state index in [0.29, 0.717) is 5.88 Å². The highest BCUT2D eigenvalue weighted by molar-refractivity contribution is 6.17. The molecular formula is C13H20ClNO. The van der Waals surface area contributed by atoms with E-state index >= 15 is 0 Å². The first-order chi connectivity index (χ1) is 7.52. The van der Waals surface area contributed by atoms with Crippen LogP contribution < -0.4 is 10.5 Å². The van der Waals surface area contributed by atoms with Gasteiger partial charge in [-0.15, -0.1) is 11.6 Å². The average Bonchev–Trinajstić information content (AvgIpc) is 2.24. The molecule has 2 nitrogen and oxygen atoms in total. The molecule has 3 heteroatoms. The van der Waals surface area contributed by atoms with Gasteiger partial charge in [-0.1, -0.05) is 6.07 Å². The average molecular weight is 242 g/mol. The number of alkyl halides is 1. The predicted molar refractivity (Wildman–Crippen MR) is 69.5 cm³/mol. The number of hydrogen-bond donors (Lipinski definition) is 1. The Morgan fingerprint density at radius 3 is 2.44 bits per heavy atom. The fourth-order valence-corrected chi connectivity index (χ4v) is 2.30. The summed E-state index contributed by atoms with van der Waals surface area (Å²) in [4.78, 5) is 0. The summed E-state index contributed by atoms with van der Waals surface area (Å²) in [6.07, 6.45) is 0.799. The summed E-state index contributed by atoms with van der Waals surface area (Å²) >= 11 is 5.73. The minimum Gasteiger partial charge on any atom is -0.496 e. The molecule has 0 heterocycles. The molecule has 0 aromatic heterocycles. The molecule has 0 amide bonds. The second-order valence-electron chi connectivity index (χ2n) is 4.15. The van der Waals surface area contributed by atoms with Crippen molar-refractivity contribution in [1.29, 1.82) is 0 Å². The summed E-state index contributed by atoms with van der Waals surface area (Å²) < 4.78 is 5.38. The van der Waals surface area contributed by atoms with Gasteiger partial charge in [0, 0.05) is 11.9 Å². The molecule has 0 saturated carbocycles.